The summed E-state index contributed by atoms with van der Waals surface area (Å²) in [7, 11) is 0. The van der Waals surface area contributed by atoms with Gasteiger partial charge in [0.15, 0.2) is 0 Å². The van der Waals surface area contributed by atoms with Crippen LogP contribution >= 0.6 is 11.6 Å². The zero-order valence-electron chi connectivity index (χ0n) is 12.9. The van der Waals surface area contributed by atoms with Gasteiger partial charge < -0.3 is 4.57 Å². The van der Waals surface area contributed by atoms with E-state index in [-0.39, 0.29) is 0 Å². The van der Waals surface area contributed by atoms with Crippen LogP contribution in [-0.2, 0) is 5.88 Å². The van der Waals surface area contributed by atoms with E-state index in [1.54, 1.807) is 6.07 Å². The molecule has 1 aromatic carbocycles. The number of nitrogens with zero attached hydrogens (tertiary/aromatic N) is 3. The van der Waals surface area contributed by atoms with Gasteiger partial charge in [-0.15, -0.1) is 11.6 Å². The molecule has 0 fully saturated rings. The van der Waals surface area contributed by atoms with Crippen molar-refractivity contribution >= 4 is 22.6 Å². The summed E-state index contributed by atoms with van der Waals surface area (Å²) in [6.07, 6.45) is 3.53. The first-order chi connectivity index (χ1) is 10.1. The highest BCUT2D eigenvalue weighted by Crippen LogP contribution is 2.27. The molecule has 0 aliphatic heterocycles. The maximum absolute atomic E-state index is 9.22. The van der Waals surface area contributed by atoms with E-state index in [1.165, 1.54) is 12.8 Å². The Bertz CT molecular complexity index is 652. The van der Waals surface area contributed by atoms with Crippen LogP contribution < -0.4 is 0 Å². The van der Waals surface area contributed by atoms with Crippen LogP contribution in [0.25, 0.3) is 11.0 Å². The summed E-state index contributed by atoms with van der Waals surface area (Å²) in [5.74, 6) is 1.95. The zero-order valence-corrected chi connectivity index (χ0v) is 13.7. The zero-order chi connectivity index (χ0) is 15.4. The molecule has 0 aliphatic rings. The number of imidazole rings is 1. The van der Waals surface area contributed by atoms with Gasteiger partial charge in [0, 0.05) is 6.04 Å². The van der Waals surface area contributed by atoms with E-state index in [0.29, 0.717) is 17.5 Å². The lowest BCUT2D eigenvalue weighted by atomic mass is 10.0. The van der Waals surface area contributed by atoms with E-state index in [1.807, 2.05) is 12.1 Å². The standard InChI is InChI=1S/C17H22ClN3/c1-12(2)6-4-7-13(3)21-15-9-5-8-14(11-19)17(15)20-16(21)10-18/h5,8-9,12-13H,4,6-7,10H2,1-3H3. The summed E-state index contributed by atoms with van der Waals surface area (Å²) in [5.41, 5.74) is 2.40. The topological polar surface area (TPSA) is 41.6 Å². The number of alkyl halides is 1. The van der Waals surface area contributed by atoms with Crippen molar-refractivity contribution in [3.63, 3.8) is 0 Å². The van der Waals surface area contributed by atoms with Crippen molar-refractivity contribution in [1.29, 1.82) is 5.26 Å². The van der Waals surface area contributed by atoms with Gasteiger partial charge >= 0.3 is 0 Å². The number of nitriles is 1. The monoisotopic (exact) mass is 303 g/mol. The third-order valence-corrected chi connectivity index (χ3v) is 4.12. The fraction of sp³-hybridized carbons (Fsp3) is 0.529. The molecule has 0 N–H and O–H groups in total. The molecule has 2 rings (SSSR count). The molecule has 2 aromatic rings. The highest BCUT2D eigenvalue weighted by atomic mass is 35.5. The Morgan fingerprint density at radius 1 is 1.29 bits per heavy atom. The van der Waals surface area contributed by atoms with Crippen LogP contribution in [0.1, 0.15) is 57.5 Å². The van der Waals surface area contributed by atoms with Gasteiger partial charge in [0.2, 0.25) is 0 Å². The molecular formula is C17H22ClN3. The summed E-state index contributed by atoms with van der Waals surface area (Å²) in [6, 6.07) is 8.30. The van der Waals surface area contributed by atoms with Crippen molar-refractivity contribution in [2.24, 2.45) is 5.92 Å². The summed E-state index contributed by atoms with van der Waals surface area (Å²) < 4.78 is 2.20. The van der Waals surface area contributed by atoms with E-state index >= 15 is 0 Å². The van der Waals surface area contributed by atoms with Crippen molar-refractivity contribution in [2.75, 3.05) is 0 Å². The maximum Gasteiger partial charge on any atom is 0.125 e. The van der Waals surface area contributed by atoms with Crippen molar-refractivity contribution in [3.8, 4) is 6.07 Å². The number of rotatable bonds is 6. The number of hydrogen-bond donors (Lipinski definition) is 0. The van der Waals surface area contributed by atoms with E-state index in [9.17, 15) is 5.26 Å². The fourth-order valence-electron chi connectivity index (χ4n) is 2.79. The van der Waals surface area contributed by atoms with Gasteiger partial charge in [-0.05, 0) is 31.4 Å². The predicted molar refractivity (Wildman–Crippen MR) is 87.4 cm³/mol. The van der Waals surface area contributed by atoms with Crippen LogP contribution in [-0.4, -0.2) is 9.55 Å². The molecule has 1 heterocycles. The molecule has 0 aliphatic carbocycles. The van der Waals surface area contributed by atoms with Crippen molar-refractivity contribution in [1.82, 2.24) is 9.55 Å². The molecule has 0 saturated carbocycles. The lowest BCUT2D eigenvalue weighted by molar-refractivity contribution is 0.447. The number of aromatic nitrogens is 2. The Kier molecular flexibility index (Phi) is 5.25. The van der Waals surface area contributed by atoms with Gasteiger partial charge in [-0.1, -0.05) is 32.8 Å². The Balaban J connectivity index is 2.36. The summed E-state index contributed by atoms with van der Waals surface area (Å²) in [6.45, 7) is 6.71. The molecule has 1 unspecified atom stereocenters. The normalized spacial score (nSPS) is 12.8. The van der Waals surface area contributed by atoms with Crippen LogP contribution in [0.2, 0.25) is 0 Å². The highest BCUT2D eigenvalue weighted by Gasteiger charge is 2.17. The minimum atomic E-state index is 0.344. The van der Waals surface area contributed by atoms with Crippen LogP contribution in [0.4, 0.5) is 0 Å². The Morgan fingerprint density at radius 2 is 2.05 bits per heavy atom. The third-order valence-electron chi connectivity index (χ3n) is 3.88. The predicted octanol–water partition coefficient (Wildman–Crippen LogP) is 5.03. The first-order valence-corrected chi connectivity index (χ1v) is 8.07. The summed E-state index contributed by atoms with van der Waals surface area (Å²) >= 11 is 6.06. The van der Waals surface area contributed by atoms with Crippen molar-refractivity contribution in [3.05, 3.63) is 29.6 Å². The lowest BCUT2D eigenvalue weighted by Gasteiger charge is -2.17. The van der Waals surface area contributed by atoms with Crippen molar-refractivity contribution in [2.45, 2.75) is 52.0 Å². The molecule has 0 radical (unpaired) electrons. The van der Waals surface area contributed by atoms with E-state index < -0.39 is 0 Å². The molecule has 0 saturated heterocycles. The van der Waals surface area contributed by atoms with Gasteiger partial charge in [-0.3, -0.25) is 0 Å². The van der Waals surface area contributed by atoms with Crippen molar-refractivity contribution < 1.29 is 0 Å². The van der Waals surface area contributed by atoms with Crippen LogP contribution in [0.3, 0.4) is 0 Å². The second kappa shape index (κ2) is 6.95. The molecule has 112 valence electrons. The van der Waals surface area contributed by atoms with Gasteiger partial charge in [-0.25, -0.2) is 4.98 Å². The van der Waals surface area contributed by atoms with Gasteiger partial charge in [0.05, 0.1) is 17.0 Å². The number of para-hydroxylation sites is 1. The number of fused-ring (bicyclic) bond motifs is 1. The molecule has 0 bridgehead atoms. The first-order valence-electron chi connectivity index (χ1n) is 7.54. The van der Waals surface area contributed by atoms with Crippen LogP contribution in [0, 0.1) is 17.2 Å². The Hall–Kier alpha value is -1.53. The molecule has 21 heavy (non-hydrogen) atoms. The Morgan fingerprint density at radius 3 is 2.67 bits per heavy atom. The molecular weight excluding hydrogens is 282 g/mol. The van der Waals surface area contributed by atoms with E-state index in [2.05, 4.69) is 36.4 Å². The SMILES string of the molecule is CC(C)CCCC(C)n1c(CCl)nc2c(C#N)cccc21. The molecule has 4 heteroatoms. The molecule has 1 aromatic heterocycles. The van der Waals surface area contributed by atoms with Gasteiger partial charge in [0.25, 0.3) is 0 Å². The van der Waals surface area contributed by atoms with E-state index in [4.69, 9.17) is 11.6 Å². The average Bonchev–Trinajstić information content (AvgIpc) is 2.85. The lowest BCUT2D eigenvalue weighted by Crippen LogP contribution is -2.09. The molecule has 3 nitrogen and oxygen atoms in total. The van der Waals surface area contributed by atoms with Gasteiger partial charge in [0.1, 0.15) is 17.4 Å². The van der Waals surface area contributed by atoms with Gasteiger partial charge in [-0.2, -0.15) is 5.26 Å². The number of halogens is 1. The number of hydrogen-bond acceptors (Lipinski definition) is 2. The fourth-order valence-corrected chi connectivity index (χ4v) is 2.98. The average molecular weight is 304 g/mol. The first kappa shape index (κ1) is 15.9. The summed E-state index contributed by atoms with van der Waals surface area (Å²) in [4.78, 5) is 4.57. The quantitative estimate of drug-likeness (QED) is 0.702. The molecule has 0 spiro atoms. The van der Waals surface area contributed by atoms with Crippen LogP contribution in [0.5, 0.6) is 0 Å². The molecule has 0 amide bonds. The Labute approximate surface area is 131 Å². The van der Waals surface area contributed by atoms with E-state index in [0.717, 1.165) is 29.2 Å². The minimum absolute atomic E-state index is 0.344. The highest BCUT2D eigenvalue weighted by molar-refractivity contribution is 6.16. The second-order valence-electron chi connectivity index (χ2n) is 5.99. The second-order valence-corrected chi connectivity index (χ2v) is 6.26. The maximum atomic E-state index is 9.22. The largest absolute Gasteiger partial charge is 0.324 e. The molecule has 1 atom stereocenters. The summed E-state index contributed by atoms with van der Waals surface area (Å²) in [5, 5.41) is 9.22. The third kappa shape index (κ3) is 3.39. The smallest absolute Gasteiger partial charge is 0.125 e. The van der Waals surface area contributed by atoms with Crippen LogP contribution in [0.15, 0.2) is 18.2 Å². The number of benzene rings is 1. The minimum Gasteiger partial charge on any atom is -0.324 e.